The van der Waals surface area contributed by atoms with Crippen LogP contribution in [0, 0.1) is 11.8 Å². The third-order valence-electron chi connectivity index (χ3n) is 5.58. The van der Waals surface area contributed by atoms with E-state index in [4.69, 9.17) is 0 Å². The van der Waals surface area contributed by atoms with Crippen LogP contribution in [0.5, 0.6) is 0 Å². The maximum atomic E-state index is 9.50. The molecule has 0 aromatic rings. The van der Waals surface area contributed by atoms with E-state index < -0.39 is 0 Å². The summed E-state index contributed by atoms with van der Waals surface area (Å²) < 4.78 is 0. The van der Waals surface area contributed by atoms with E-state index in [-0.39, 0.29) is 5.92 Å². The topological polar surface area (TPSA) is 23.6 Å². The molecular formula is C21H42N2O. The highest BCUT2D eigenvalue weighted by Crippen LogP contribution is 2.32. The van der Waals surface area contributed by atoms with Gasteiger partial charge in [-0.2, -0.15) is 0 Å². The van der Waals surface area contributed by atoms with Crippen molar-refractivity contribution >= 4 is 6.29 Å². The Hall–Kier alpha value is -0.410. The standard InChI is InChI=1S/C15H28N2.C4H8O.C2H6/c1-13-11-15(12-13)17-9-7-16(8-10-17)14-5-3-2-4-6-14;1-4(2)3-5;1-2/h13-15H,2-12H2,1H3;3-4H,1-2H3;1-2H3. The first-order valence-electron chi connectivity index (χ1n) is 10.5. The maximum Gasteiger partial charge on any atom is 0.122 e. The second-order valence-corrected chi connectivity index (χ2v) is 7.97. The largest absolute Gasteiger partial charge is 0.303 e. The van der Waals surface area contributed by atoms with Crippen LogP contribution < -0.4 is 0 Å². The van der Waals surface area contributed by atoms with Crippen LogP contribution in [0.25, 0.3) is 0 Å². The van der Waals surface area contributed by atoms with Crippen LogP contribution in [0.15, 0.2) is 0 Å². The third-order valence-corrected chi connectivity index (χ3v) is 5.58. The molecule has 0 aromatic carbocycles. The smallest absolute Gasteiger partial charge is 0.122 e. The molecule has 24 heavy (non-hydrogen) atoms. The maximum absolute atomic E-state index is 9.50. The fourth-order valence-electron chi connectivity index (χ4n) is 4.07. The quantitative estimate of drug-likeness (QED) is 0.703. The highest BCUT2D eigenvalue weighted by atomic mass is 16.1. The van der Waals surface area contributed by atoms with Crippen molar-refractivity contribution in [2.75, 3.05) is 26.2 Å². The molecule has 3 aliphatic rings. The van der Waals surface area contributed by atoms with Crippen molar-refractivity contribution in [1.29, 1.82) is 0 Å². The van der Waals surface area contributed by atoms with Crippen molar-refractivity contribution in [3.8, 4) is 0 Å². The second kappa shape index (κ2) is 12.0. The van der Waals surface area contributed by atoms with E-state index in [0.29, 0.717) is 0 Å². The molecule has 0 aromatic heterocycles. The van der Waals surface area contributed by atoms with Crippen LogP contribution in [0.1, 0.15) is 79.6 Å². The van der Waals surface area contributed by atoms with Gasteiger partial charge in [-0.1, -0.05) is 53.9 Å². The number of aldehydes is 1. The first-order chi connectivity index (χ1) is 11.6. The fourth-order valence-corrected chi connectivity index (χ4v) is 4.07. The van der Waals surface area contributed by atoms with Gasteiger partial charge in [0, 0.05) is 44.2 Å². The molecule has 3 heteroatoms. The van der Waals surface area contributed by atoms with E-state index in [0.717, 1.165) is 24.3 Å². The number of nitrogens with zero attached hydrogens (tertiary/aromatic N) is 2. The highest BCUT2D eigenvalue weighted by Gasteiger charge is 2.33. The van der Waals surface area contributed by atoms with Crippen LogP contribution in [0.4, 0.5) is 0 Å². The molecule has 1 heterocycles. The van der Waals surface area contributed by atoms with Crippen molar-refractivity contribution < 1.29 is 4.79 Å². The molecule has 0 bridgehead atoms. The summed E-state index contributed by atoms with van der Waals surface area (Å²) in [6, 6.07) is 1.88. The van der Waals surface area contributed by atoms with Gasteiger partial charge in [0.15, 0.2) is 0 Å². The van der Waals surface area contributed by atoms with Gasteiger partial charge >= 0.3 is 0 Å². The van der Waals surface area contributed by atoms with Gasteiger partial charge in [0.2, 0.25) is 0 Å². The zero-order chi connectivity index (χ0) is 17.9. The van der Waals surface area contributed by atoms with Gasteiger partial charge in [-0.15, -0.1) is 0 Å². The monoisotopic (exact) mass is 338 g/mol. The molecular weight excluding hydrogens is 296 g/mol. The molecule has 2 saturated carbocycles. The lowest BCUT2D eigenvalue weighted by atomic mass is 9.80. The normalized spacial score (nSPS) is 28.9. The van der Waals surface area contributed by atoms with Crippen molar-refractivity contribution in [3.05, 3.63) is 0 Å². The molecule has 3 nitrogen and oxygen atoms in total. The lowest BCUT2D eigenvalue weighted by molar-refractivity contribution is -0.110. The van der Waals surface area contributed by atoms with Crippen molar-refractivity contribution in [1.82, 2.24) is 9.80 Å². The molecule has 142 valence electrons. The molecule has 0 atom stereocenters. The van der Waals surface area contributed by atoms with Gasteiger partial charge < -0.3 is 4.79 Å². The Morgan fingerprint density at radius 3 is 1.62 bits per heavy atom. The van der Waals surface area contributed by atoms with Gasteiger partial charge in [0.1, 0.15) is 6.29 Å². The van der Waals surface area contributed by atoms with E-state index >= 15 is 0 Å². The van der Waals surface area contributed by atoms with Gasteiger partial charge in [-0.3, -0.25) is 9.80 Å². The average Bonchev–Trinajstić information content (AvgIpc) is 2.62. The summed E-state index contributed by atoms with van der Waals surface area (Å²) >= 11 is 0. The summed E-state index contributed by atoms with van der Waals surface area (Å²) in [5.41, 5.74) is 0. The Morgan fingerprint density at radius 2 is 1.25 bits per heavy atom. The number of carbonyl (C=O) groups excluding carboxylic acids is 1. The minimum absolute atomic E-state index is 0.204. The number of piperazine rings is 1. The minimum Gasteiger partial charge on any atom is -0.303 e. The minimum atomic E-state index is 0.204. The zero-order valence-electron chi connectivity index (χ0n) is 17.0. The van der Waals surface area contributed by atoms with Gasteiger partial charge in [0.25, 0.3) is 0 Å². The Bertz CT molecular complexity index is 312. The summed E-state index contributed by atoms with van der Waals surface area (Å²) in [4.78, 5) is 15.1. The molecule has 1 saturated heterocycles. The Balaban J connectivity index is 0.000000356. The number of carbonyl (C=O) groups is 1. The van der Waals surface area contributed by atoms with Crippen LogP contribution >= 0.6 is 0 Å². The summed E-state index contributed by atoms with van der Waals surface area (Å²) in [6.45, 7) is 15.5. The average molecular weight is 339 g/mol. The van der Waals surface area contributed by atoms with E-state index in [9.17, 15) is 4.79 Å². The molecule has 1 aliphatic heterocycles. The van der Waals surface area contributed by atoms with Gasteiger partial charge in [-0.05, 0) is 31.6 Å². The predicted molar refractivity (Wildman–Crippen MR) is 104 cm³/mol. The van der Waals surface area contributed by atoms with Crippen LogP contribution in [-0.2, 0) is 4.79 Å². The summed E-state index contributed by atoms with van der Waals surface area (Å²) in [7, 11) is 0. The third kappa shape index (κ3) is 7.23. The zero-order valence-corrected chi connectivity index (χ0v) is 17.0. The highest BCUT2D eigenvalue weighted by molar-refractivity contribution is 5.51. The lowest BCUT2D eigenvalue weighted by Crippen LogP contribution is -2.55. The molecule has 3 rings (SSSR count). The summed E-state index contributed by atoms with van der Waals surface area (Å²) in [5.74, 6) is 1.20. The van der Waals surface area contributed by atoms with Crippen LogP contribution in [0.2, 0.25) is 0 Å². The summed E-state index contributed by atoms with van der Waals surface area (Å²) in [5, 5.41) is 0. The SMILES string of the molecule is CC.CC(C)C=O.CC1CC(N2CCN(C3CCCCC3)CC2)C1. The fraction of sp³-hybridized carbons (Fsp3) is 0.952. The van der Waals surface area contributed by atoms with Crippen molar-refractivity contribution in [2.45, 2.75) is 91.6 Å². The van der Waals surface area contributed by atoms with Crippen LogP contribution in [-0.4, -0.2) is 54.3 Å². The Labute approximate surface area is 151 Å². The van der Waals surface area contributed by atoms with Crippen molar-refractivity contribution in [3.63, 3.8) is 0 Å². The van der Waals surface area contributed by atoms with Gasteiger partial charge in [-0.25, -0.2) is 0 Å². The number of rotatable bonds is 3. The Kier molecular flexibility index (Phi) is 10.8. The summed E-state index contributed by atoms with van der Waals surface area (Å²) in [6.07, 6.45) is 11.2. The molecule has 2 aliphatic carbocycles. The van der Waals surface area contributed by atoms with E-state index in [1.165, 1.54) is 71.1 Å². The Morgan fingerprint density at radius 1 is 0.833 bits per heavy atom. The first kappa shape index (κ1) is 21.6. The number of hydrogen-bond donors (Lipinski definition) is 0. The molecule has 0 N–H and O–H groups in total. The van der Waals surface area contributed by atoms with E-state index in [1.807, 2.05) is 27.7 Å². The number of hydrogen-bond acceptors (Lipinski definition) is 3. The molecule has 0 radical (unpaired) electrons. The van der Waals surface area contributed by atoms with Crippen molar-refractivity contribution in [2.24, 2.45) is 11.8 Å². The van der Waals surface area contributed by atoms with Crippen LogP contribution in [0.3, 0.4) is 0 Å². The predicted octanol–water partition coefficient (Wildman–Crippen LogP) is 4.60. The molecule has 0 spiro atoms. The lowest BCUT2D eigenvalue weighted by Gasteiger charge is -2.47. The molecule has 0 amide bonds. The first-order valence-corrected chi connectivity index (χ1v) is 10.5. The molecule has 0 unspecified atom stereocenters. The molecule has 3 fully saturated rings. The second-order valence-electron chi connectivity index (χ2n) is 7.97. The van der Waals surface area contributed by atoms with Gasteiger partial charge in [0.05, 0.1) is 0 Å². The van der Waals surface area contributed by atoms with E-state index in [1.54, 1.807) is 0 Å². The van der Waals surface area contributed by atoms with E-state index in [2.05, 4.69) is 16.7 Å².